The number of halogens is 1. The van der Waals surface area contributed by atoms with Gasteiger partial charge in [-0.15, -0.1) is 23.7 Å². The highest BCUT2D eigenvalue weighted by molar-refractivity contribution is 7.26. The Kier molecular flexibility index (Phi) is 6.70. The Morgan fingerprint density at radius 3 is 2.52 bits per heavy atom. The van der Waals surface area contributed by atoms with Gasteiger partial charge in [0.1, 0.15) is 5.75 Å². The Bertz CT molecular complexity index is 753. The molecule has 0 saturated heterocycles. The first kappa shape index (κ1) is 18.1. The van der Waals surface area contributed by atoms with Crippen molar-refractivity contribution in [2.45, 2.75) is 19.3 Å². The van der Waals surface area contributed by atoms with Crippen LogP contribution in [0, 0.1) is 0 Å². The van der Waals surface area contributed by atoms with Gasteiger partial charge >= 0.3 is 0 Å². The topological polar surface area (TPSA) is 12.5 Å². The maximum Gasteiger partial charge on any atom is 0.137 e. The van der Waals surface area contributed by atoms with Crippen LogP contribution in [-0.2, 0) is 0 Å². The minimum atomic E-state index is 0. The molecule has 1 heterocycles. The van der Waals surface area contributed by atoms with Crippen molar-refractivity contribution in [3.05, 3.63) is 42.5 Å². The van der Waals surface area contributed by atoms with E-state index in [0.717, 1.165) is 25.3 Å². The zero-order chi connectivity index (χ0) is 15.4. The van der Waals surface area contributed by atoms with Crippen LogP contribution in [0.25, 0.3) is 20.2 Å². The van der Waals surface area contributed by atoms with E-state index in [1.54, 1.807) is 0 Å². The van der Waals surface area contributed by atoms with Crippen LogP contribution in [0.15, 0.2) is 42.5 Å². The molecule has 124 valence electrons. The van der Waals surface area contributed by atoms with E-state index in [4.69, 9.17) is 4.74 Å². The standard InChI is InChI=1S/C19H23NOS.ClH/c1-20(2)13-6-3-7-14-21-17-11-8-10-16-15-9-4-5-12-18(15)22-19(16)17;/h4-5,8-12H,3,6-7,13-14H2,1-2H3;1H. The van der Waals surface area contributed by atoms with Gasteiger partial charge in [-0.1, -0.05) is 30.3 Å². The molecule has 0 saturated carbocycles. The fraction of sp³-hybridized carbons (Fsp3) is 0.368. The van der Waals surface area contributed by atoms with Crippen molar-refractivity contribution in [2.75, 3.05) is 27.2 Å². The molecule has 0 N–H and O–H groups in total. The van der Waals surface area contributed by atoms with Gasteiger partial charge in [-0.2, -0.15) is 0 Å². The highest BCUT2D eigenvalue weighted by atomic mass is 35.5. The molecule has 0 amide bonds. The number of fused-ring (bicyclic) bond motifs is 3. The molecule has 0 atom stereocenters. The zero-order valence-electron chi connectivity index (χ0n) is 13.7. The van der Waals surface area contributed by atoms with Crippen molar-refractivity contribution >= 4 is 43.9 Å². The Morgan fingerprint density at radius 2 is 1.70 bits per heavy atom. The van der Waals surface area contributed by atoms with Crippen molar-refractivity contribution < 1.29 is 4.74 Å². The molecule has 0 fully saturated rings. The van der Waals surface area contributed by atoms with Gasteiger partial charge in [-0.05, 0) is 52.0 Å². The van der Waals surface area contributed by atoms with Gasteiger partial charge in [0.2, 0.25) is 0 Å². The van der Waals surface area contributed by atoms with E-state index in [2.05, 4.69) is 61.5 Å². The van der Waals surface area contributed by atoms with Gasteiger partial charge in [0.25, 0.3) is 0 Å². The number of benzene rings is 2. The lowest BCUT2D eigenvalue weighted by molar-refractivity contribution is 0.302. The summed E-state index contributed by atoms with van der Waals surface area (Å²) in [7, 11) is 4.25. The Labute approximate surface area is 148 Å². The summed E-state index contributed by atoms with van der Waals surface area (Å²) >= 11 is 1.83. The van der Waals surface area contributed by atoms with Crippen molar-refractivity contribution in [1.29, 1.82) is 0 Å². The van der Waals surface area contributed by atoms with Crippen LogP contribution < -0.4 is 4.74 Å². The molecule has 0 bridgehead atoms. The molecule has 0 aliphatic rings. The summed E-state index contributed by atoms with van der Waals surface area (Å²) in [6.45, 7) is 1.96. The molecule has 0 spiro atoms. The molecular formula is C19H24ClNOS. The molecule has 0 aliphatic carbocycles. The van der Waals surface area contributed by atoms with E-state index < -0.39 is 0 Å². The van der Waals surface area contributed by atoms with E-state index >= 15 is 0 Å². The first-order valence-electron chi connectivity index (χ1n) is 7.93. The second-order valence-electron chi connectivity index (χ2n) is 5.94. The molecule has 2 aromatic carbocycles. The summed E-state index contributed by atoms with van der Waals surface area (Å²) in [5.74, 6) is 1.03. The smallest absolute Gasteiger partial charge is 0.137 e. The van der Waals surface area contributed by atoms with Crippen LogP contribution >= 0.6 is 23.7 Å². The highest BCUT2D eigenvalue weighted by Crippen LogP contribution is 2.38. The second kappa shape index (κ2) is 8.53. The highest BCUT2D eigenvalue weighted by Gasteiger charge is 2.08. The molecule has 3 aromatic rings. The molecule has 1 aromatic heterocycles. The van der Waals surface area contributed by atoms with Crippen molar-refractivity contribution in [2.24, 2.45) is 0 Å². The van der Waals surface area contributed by atoms with E-state index in [0.29, 0.717) is 0 Å². The molecule has 3 rings (SSSR count). The number of hydrogen-bond acceptors (Lipinski definition) is 3. The summed E-state index contributed by atoms with van der Waals surface area (Å²) in [5, 5.41) is 2.64. The van der Waals surface area contributed by atoms with Crippen LogP contribution in [0.4, 0.5) is 0 Å². The molecular weight excluding hydrogens is 326 g/mol. The van der Waals surface area contributed by atoms with Crippen LogP contribution in [-0.4, -0.2) is 32.1 Å². The summed E-state index contributed by atoms with van der Waals surface area (Å²) < 4.78 is 8.66. The molecule has 0 unspecified atom stereocenters. The number of ether oxygens (including phenoxy) is 1. The number of nitrogens with zero attached hydrogens (tertiary/aromatic N) is 1. The maximum absolute atomic E-state index is 6.05. The molecule has 2 nitrogen and oxygen atoms in total. The first-order valence-corrected chi connectivity index (χ1v) is 8.75. The number of hydrogen-bond donors (Lipinski definition) is 0. The third-order valence-corrected chi connectivity index (χ3v) is 5.08. The maximum atomic E-state index is 6.05. The van der Waals surface area contributed by atoms with Crippen molar-refractivity contribution in [3.8, 4) is 5.75 Å². The normalized spacial score (nSPS) is 11.1. The SMILES string of the molecule is CN(C)CCCCCOc1cccc2c1sc1ccccc12.Cl. The third-order valence-electron chi connectivity index (χ3n) is 3.88. The van der Waals surface area contributed by atoms with Gasteiger partial charge in [-0.3, -0.25) is 0 Å². The monoisotopic (exact) mass is 349 g/mol. The fourth-order valence-corrected chi connectivity index (χ4v) is 3.89. The number of rotatable bonds is 7. The van der Waals surface area contributed by atoms with Crippen molar-refractivity contribution in [3.63, 3.8) is 0 Å². The van der Waals surface area contributed by atoms with E-state index in [9.17, 15) is 0 Å². The van der Waals surface area contributed by atoms with Gasteiger partial charge in [0, 0.05) is 15.5 Å². The Hall–Kier alpha value is -1.29. The van der Waals surface area contributed by atoms with Crippen molar-refractivity contribution in [1.82, 2.24) is 4.90 Å². The minimum Gasteiger partial charge on any atom is -0.492 e. The number of unbranched alkanes of at least 4 members (excludes halogenated alkanes) is 2. The lowest BCUT2D eigenvalue weighted by Crippen LogP contribution is -2.13. The molecule has 23 heavy (non-hydrogen) atoms. The zero-order valence-corrected chi connectivity index (χ0v) is 15.4. The predicted molar refractivity (Wildman–Crippen MR) is 104 cm³/mol. The minimum absolute atomic E-state index is 0. The van der Waals surface area contributed by atoms with Gasteiger partial charge < -0.3 is 9.64 Å². The molecule has 4 heteroatoms. The van der Waals surface area contributed by atoms with E-state index in [1.807, 2.05) is 11.3 Å². The van der Waals surface area contributed by atoms with Crippen LogP contribution in [0.3, 0.4) is 0 Å². The lowest BCUT2D eigenvalue weighted by atomic mass is 10.1. The quantitative estimate of drug-likeness (QED) is 0.516. The molecule has 0 aliphatic heterocycles. The summed E-state index contributed by atoms with van der Waals surface area (Å²) in [4.78, 5) is 2.23. The van der Waals surface area contributed by atoms with Crippen LogP contribution in [0.2, 0.25) is 0 Å². The average molecular weight is 350 g/mol. The van der Waals surface area contributed by atoms with Gasteiger partial charge in [0.15, 0.2) is 0 Å². The van der Waals surface area contributed by atoms with Crippen LogP contribution in [0.5, 0.6) is 5.75 Å². The van der Waals surface area contributed by atoms with E-state index in [1.165, 1.54) is 33.0 Å². The molecule has 0 radical (unpaired) electrons. The predicted octanol–water partition coefficient (Wildman–Crippen LogP) is 5.59. The largest absolute Gasteiger partial charge is 0.492 e. The van der Waals surface area contributed by atoms with Gasteiger partial charge in [0.05, 0.1) is 11.3 Å². The Balaban J connectivity index is 0.00000192. The lowest BCUT2D eigenvalue weighted by Gasteiger charge is -2.10. The first-order chi connectivity index (χ1) is 10.8. The summed E-state index contributed by atoms with van der Waals surface area (Å²) in [6.07, 6.45) is 3.58. The van der Waals surface area contributed by atoms with Crippen LogP contribution in [0.1, 0.15) is 19.3 Å². The average Bonchev–Trinajstić information content (AvgIpc) is 2.90. The summed E-state index contributed by atoms with van der Waals surface area (Å²) in [5.41, 5.74) is 0. The fourth-order valence-electron chi connectivity index (χ4n) is 2.72. The van der Waals surface area contributed by atoms with E-state index in [-0.39, 0.29) is 12.4 Å². The third kappa shape index (κ3) is 4.37. The van der Waals surface area contributed by atoms with Gasteiger partial charge in [-0.25, -0.2) is 0 Å². The Morgan fingerprint density at radius 1 is 0.913 bits per heavy atom. The number of thiophene rings is 1. The second-order valence-corrected chi connectivity index (χ2v) is 7.00. The summed E-state index contributed by atoms with van der Waals surface area (Å²) in [6, 6.07) is 15.0.